The number of halogens is 2. The molecule has 2 atom stereocenters. The molecule has 0 bridgehead atoms. The van der Waals surface area contributed by atoms with Crippen LogP contribution in [0.15, 0.2) is 42.5 Å². The number of hydrogen-bond acceptors (Lipinski definition) is 4. The van der Waals surface area contributed by atoms with E-state index in [2.05, 4.69) is 26.1 Å². The van der Waals surface area contributed by atoms with Gasteiger partial charge in [-0.15, -0.1) is 0 Å². The van der Waals surface area contributed by atoms with Crippen LogP contribution in [0.25, 0.3) is 0 Å². The highest BCUT2D eigenvalue weighted by atomic mass is 19.1. The van der Waals surface area contributed by atoms with Crippen LogP contribution < -0.4 is 10.1 Å². The molecular formula is C22H25F2NO4. The van der Waals surface area contributed by atoms with Crippen LogP contribution in [0.5, 0.6) is 5.75 Å². The number of ether oxygens (including phenoxy) is 2. The Hall–Kier alpha value is -2.96. The van der Waals surface area contributed by atoms with Gasteiger partial charge in [0.1, 0.15) is 23.1 Å². The van der Waals surface area contributed by atoms with Gasteiger partial charge in [0.15, 0.2) is 12.2 Å². The lowest BCUT2D eigenvalue weighted by atomic mass is 9.87. The summed E-state index contributed by atoms with van der Waals surface area (Å²) in [5, 5.41) is 2.09. The third kappa shape index (κ3) is 6.01. The minimum atomic E-state index is -1.27. The average Bonchev–Trinajstić information content (AvgIpc) is 2.64. The lowest BCUT2D eigenvalue weighted by molar-refractivity contribution is -0.159. The second-order valence-electron chi connectivity index (χ2n) is 7.70. The molecule has 0 heterocycles. The number of hydrogen-bond donors (Lipinski definition) is 1. The van der Waals surface area contributed by atoms with Crippen LogP contribution in [0.2, 0.25) is 0 Å². The second-order valence-corrected chi connectivity index (χ2v) is 7.70. The van der Waals surface area contributed by atoms with Crippen molar-refractivity contribution in [2.24, 2.45) is 0 Å². The van der Waals surface area contributed by atoms with Gasteiger partial charge in [-0.1, -0.05) is 39.0 Å². The highest BCUT2D eigenvalue weighted by Gasteiger charge is 2.25. The predicted octanol–water partition coefficient (Wildman–Crippen LogP) is 4.60. The molecule has 2 aromatic carbocycles. The van der Waals surface area contributed by atoms with Crippen molar-refractivity contribution >= 4 is 17.6 Å². The lowest BCUT2D eigenvalue weighted by Crippen LogP contribution is -2.35. The van der Waals surface area contributed by atoms with Crippen LogP contribution in [0, 0.1) is 11.6 Å². The van der Waals surface area contributed by atoms with E-state index >= 15 is 0 Å². The lowest BCUT2D eigenvalue weighted by Gasteiger charge is -2.20. The molecule has 2 aromatic rings. The Morgan fingerprint density at radius 1 is 0.931 bits per heavy atom. The van der Waals surface area contributed by atoms with Gasteiger partial charge in [-0.25, -0.2) is 13.6 Å². The minimum absolute atomic E-state index is 0.0103. The molecule has 0 aliphatic heterocycles. The summed E-state index contributed by atoms with van der Waals surface area (Å²) in [5.41, 5.74) is 0.512. The maximum Gasteiger partial charge on any atom is 0.347 e. The molecule has 156 valence electrons. The Bertz CT molecular complexity index is 855. The number of carbonyl (C=O) groups is 2. The highest BCUT2D eigenvalue weighted by molar-refractivity contribution is 5.95. The molecule has 0 fully saturated rings. The molecule has 5 nitrogen and oxygen atoms in total. The van der Waals surface area contributed by atoms with Crippen LogP contribution in [0.1, 0.15) is 40.2 Å². The van der Waals surface area contributed by atoms with Gasteiger partial charge in [-0.05, 0) is 49.1 Å². The molecule has 29 heavy (non-hydrogen) atoms. The smallest absolute Gasteiger partial charge is 0.347 e. The number of nitrogens with one attached hydrogen (secondary N) is 1. The van der Waals surface area contributed by atoms with Crippen molar-refractivity contribution in [1.29, 1.82) is 0 Å². The fourth-order valence-corrected chi connectivity index (χ4v) is 2.45. The zero-order valence-electron chi connectivity index (χ0n) is 17.1. The maximum absolute atomic E-state index is 13.6. The molecule has 0 spiro atoms. The van der Waals surface area contributed by atoms with Crippen molar-refractivity contribution in [2.45, 2.75) is 52.2 Å². The van der Waals surface area contributed by atoms with Crippen LogP contribution in [-0.2, 0) is 19.7 Å². The summed E-state index contributed by atoms with van der Waals surface area (Å²) in [6.07, 6.45) is -2.24. The fourth-order valence-electron chi connectivity index (χ4n) is 2.45. The summed E-state index contributed by atoms with van der Waals surface area (Å²) in [7, 11) is 0. The van der Waals surface area contributed by atoms with Crippen molar-refractivity contribution in [3.63, 3.8) is 0 Å². The third-order valence-electron chi connectivity index (χ3n) is 4.24. The monoisotopic (exact) mass is 405 g/mol. The van der Waals surface area contributed by atoms with Gasteiger partial charge in [0.25, 0.3) is 5.91 Å². The molecule has 2 rings (SSSR count). The van der Waals surface area contributed by atoms with Gasteiger partial charge in [0, 0.05) is 0 Å². The van der Waals surface area contributed by atoms with E-state index in [0.717, 1.165) is 17.7 Å². The first kappa shape index (κ1) is 22.3. The number of anilines is 1. The van der Waals surface area contributed by atoms with Gasteiger partial charge in [-0.3, -0.25) is 4.79 Å². The van der Waals surface area contributed by atoms with E-state index in [1.807, 2.05) is 12.1 Å². The molecule has 0 aliphatic rings. The molecule has 0 aliphatic carbocycles. The predicted molar refractivity (Wildman–Crippen MR) is 106 cm³/mol. The number of carbonyl (C=O) groups excluding carboxylic acids is 2. The summed E-state index contributed by atoms with van der Waals surface area (Å²) in [4.78, 5) is 24.3. The van der Waals surface area contributed by atoms with Crippen molar-refractivity contribution in [2.75, 3.05) is 5.32 Å². The Morgan fingerprint density at radius 2 is 1.48 bits per heavy atom. The summed E-state index contributed by atoms with van der Waals surface area (Å²) in [6.45, 7) is 9.05. The Labute approximate surface area is 169 Å². The van der Waals surface area contributed by atoms with Gasteiger partial charge in [0.05, 0.1) is 0 Å². The number of benzene rings is 2. The summed E-state index contributed by atoms with van der Waals surface area (Å²) in [6, 6.07) is 10.5. The molecule has 7 heteroatoms. The fraction of sp³-hybridized carbons (Fsp3) is 0.364. The van der Waals surface area contributed by atoms with Gasteiger partial charge < -0.3 is 14.8 Å². The molecule has 0 saturated heterocycles. The third-order valence-corrected chi connectivity index (χ3v) is 4.24. The average molecular weight is 405 g/mol. The number of rotatable bonds is 6. The van der Waals surface area contributed by atoms with E-state index < -0.39 is 41.4 Å². The quantitative estimate of drug-likeness (QED) is 0.714. The Kier molecular flexibility index (Phi) is 6.95. The van der Waals surface area contributed by atoms with Crippen LogP contribution in [0.3, 0.4) is 0 Å². The van der Waals surface area contributed by atoms with Gasteiger partial charge >= 0.3 is 5.97 Å². The first-order valence-corrected chi connectivity index (χ1v) is 9.21. The van der Waals surface area contributed by atoms with Crippen molar-refractivity contribution in [3.05, 3.63) is 59.7 Å². The molecule has 1 N–H and O–H groups in total. The molecule has 0 saturated carbocycles. The Balaban J connectivity index is 1.93. The largest absolute Gasteiger partial charge is 0.479 e. The summed E-state index contributed by atoms with van der Waals surface area (Å²) in [5.74, 6) is -3.00. The zero-order chi connectivity index (χ0) is 21.8. The van der Waals surface area contributed by atoms with Gasteiger partial charge in [0.2, 0.25) is 0 Å². The topological polar surface area (TPSA) is 64.6 Å². The standard InChI is InChI=1S/C22H25F2NO4/c1-13(20(26)25-19-17(23)7-6-8-18(19)24)29-21(27)14(2)28-16-11-9-15(10-12-16)22(3,4)5/h6-14H,1-5H3,(H,25,26)/t13-,14+/m0/s1. The van der Waals surface area contributed by atoms with E-state index in [1.165, 1.54) is 19.9 Å². The van der Waals surface area contributed by atoms with Crippen molar-refractivity contribution in [1.82, 2.24) is 0 Å². The molecule has 0 radical (unpaired) electrons. The van der Waals surface area contributed by atoms with E-state index in [-0.39, 0.29) is 5.41 Å². The van der Waals surface area contributed by atoms with Crippen LogP contribution in [-0.4, -0.2) is 24.1 Å². The zero-order valence-corrected chi connectivity index (χ0v) is 17.1. The second kappa shape index (κ2) is 9.03. The summed E-state index contributed by atoms with van der Waals surface area (Å²) < 4.78 is 37.9. The molecule has 0 aromatic heterocycles. The van der Waals surface area contributed by atoms with E-state index in [4.69, 9.17) is 9.47 Å². The number of amides is 1. The van der Waals surface area contributed by atoms with E-state index in [0.29, 0.717) is 5.75 Å². The maximum atomic E-state index is 13.6. The Morgan fingerprint density at radius 3 is 2.00 bits per heavy atom. The SMILES string of the molecule is C[C@H](OC(=O)[C@@H](C)Oc1ccc(C(C)(C)C)cc1)C(=O)Nc1c(F)cccc1F. The van der Waals surface area contributed by atoms with E-state index in [9.17, 15) is 18.4 Å². The molecule has 0 unspecified atom stereocenters. The summed E-state index contributed by atoms with van der Waals surface area (Å²) >= 11 is 0. The first-order valence-electron chi connectivity index (χ1n) is 9.21. The highest BCUT2D eigenvalue weighted by Crippen LogP contribution is 2.25. The molecular weight excluding hydrogens is 380 g/mol. The van der Waals surface area contributed by atoms with E-state index in [1.54, 1.807) is 12.1 Å². The normalized spacial score (nSPS) is 13.3. The van der Waals surface area contributed by atoms with Crippen LogP contribution >= 0.6 is 0 Å². The van der Waals surface area contributed by atoms with Gasteiger partial charge in [-0.2, -0.15) is 0 Å². The van der Waals surface area contributed by atoms with Crippen molar-refractivity contribution in [3.8, 4) is 5.75 Å². The molecule has 1 amide bonds. The number of para-hydroxylation sites is 1. The first-order chi connectivity index (χ1) is 13.5. The van der Waals surface area contributed by atoms with Crippen LogP contribution in [0.4, 0.5) is 14.5 Å². The minimum Gasteiger partial charge on any atom is -0.479 e. The van der Waals surface area contributed by atoms with Crippen molar-refractivity contribution < 1.29 is 27.8 Å². The number of esters is 1.